The highest BCUT2D eigenvalue weighted by atomic mass is 35.5. The van der Waals surface area contributed by atoms with Crippen molar-refractivity contribution in [1.82, 2.24) is 10.0 Å². The van der Waals surface area contributed by atoms with Gasteiger partial charge in [-0.2, -0.15) is 0 Å². The van der Waals surface area contributed by atoms with Crippen molar-refractivity contribution in [3.05, 3.63) is 28.8 Å². The maximum atomic E-state index is 12.7. The first kappa shape index (κ1) is 19.7. The average Bonchev–Trinajstić information content (AvgIpc) is 2.56. The third-order valence-corrected chi connectivity index (χ3v) is 6.46. The standard InChI is InChI=1S/C17H27ClN2O3S/c1-3-4-14-5-6-15(18)16(11-14)24(21,22)20-12-17(13-23-2)7-9-19-10-8-17/h5-6,11,19-20H,3-4,7-10,12-13H2,1-2H3. The molecule has 7 heteroatoms. The second-order valence-corrected chi connectivity index (χ2v) is 8.66. The highest BCUT2D eigenvalue weighted by Gasteiger charge is 2.34. The molecule has 1 fully saturated rings. The second-order valence-electron chi connectivity index (χ2n) is 6.52. The number of sulfonamides is 1. The molecular formula is C17H27ClN2O3S. The summed E-state index contributed by atoms with van der Waals surface area (Å²) in [6, 6.07) is 5.22. The Hall–Kier alpha value is -0.660. The van der Waals surface area contributed by atoms with Crippen molar-refractivity contribution in [3.63, 3.8) is 0 Å². The molecule has 5 nitrogen and oxygen atoms in total. The molecule has 1 aliphatic rings. The Labute approximate surface area is 150 Å². The molecule has 0 radical (unpaired) electrons. The van der Waals surface area contributed by atoms with Crippen LogP contribution in [-0.2, 0) is 21.2 Å². The van der Waals surface area contributed by atoms with Crippen molar-refractivity contribution in [2.45, 2.75) is 37.5 Å². The van der Waals surface area contributed by atoms with Crippen LogP contribution < -0.4 is 10.0 Å². The van der Waals surface area contributed by atoms with Crippen molar-refractivity contribution in [2.24, 2.45) is 5.41 Å². The van der Waals surface area contributed by atoms with Crippen LogP contribution in [0.4, 0.5) is 0 Å². The van der Waals surface area contributed by atoms with Crippen LogP contribution in [0.5, 0.6) is 0 Å². The first-order valence-electron chi connectivity index (χ1n) is 8.40. The largest absolute Gasteiger partial charge is 0.384 e. The summed E-state index contributed by atoms with van der Waals surface area (Å²) in [7, 11) is -1.99. The molecule has 136 valence electrons. The molecule has 0 amide bonds. The summed E-state index contributed by atoms with van der Waals surface area (Å²) in [4.78, 5) is 0.164. The third kappa shape index (κ3) is 4.92. The summed E-state index contributed by atoms with van der Waals surface area (Å²) in [5.41, 5.74) is 0.816. The van der Waals surface area contributed by atoms with Gasteiger partial charge in [0.05, 0.1) is 11.6 Å². The lowest BCUT2D eigenvalue weighted by Crippen LogP contribution is -2.47. The Kier molecular flexibility index (Phi) is 7.07. The molecule has 24 heavy (non-hydrogen) atoms. The maximum absolute atomic E-state index is 12.7. The van der Waals surface area contributed by atoms with Crippen LogP contribution in [-0.4, -0.2) is 41.8 Å². The molecule has 1 aromatic rings. The first-order valence-corrected chi connectivity index (χ1v) is 10.3. The summed E-state index contributed by atoms with van der Waals surface area (Å²) in [5, 5.41) is 3.56. The highest BCUT2D eigenvalue weighted by molar-refractivity contribution is 7.89. The van der Waals surface area contributed by atoms with Gasteiger partial charge < -0.3 is 10.1 Å². The molecule has 0 bridgehead atoms. The van der Waals surface area contributed by atoms with Gasteiger partial charge in [0.25, 0.3) is 0 Å². The van der Waals surface area contributed by atoms with Crippen LogP contribution in [0.1, 0.15) is 31.7 Å². The quantitative estimate of drug-likeness (QED) is 0.733. The van der Waals surface area contributed by atoms with E-state index >= 15 is 0 Å². The van der Waals surface area contributed by atoms with E-state index in [1.807, 2.05) is 6.07 Å². The molecule has 0 aliphatic carbocycles. The Morgan fingerprint density at radius 2 is 2.04 bits per heavy atom. The SMILES string of the molecule is CCCc1ccc(Cl)c(S(=O)(=O)NCC2(COC)CCNCC2)c1. The number of aryl methyl sites for hydroxylation is 1. The van der Waals surface area contributed by atoms with Gasteiger partial charge in [-0.25, -0.2) is 13.1 Å². The van der Waals surface area contributed by atoms with Gasteiger partial charge in [-0.05, 0) is 50.0 Å². The molecule has 0 unspecified atom stereocenters. The van der Waals surface area contributed by atoms with Gasteiger partial charge in [-0.15, -0.1) is 0 Å². The zero-order valence-electron chi connectivity index (χ0n) is 14.4. The van der Waals surface area contributed by atoms with Gasteiger partial charge in [0.1, 0.15) is 4.90 Å². The first-order chi connectivity index (χ1) is 11.4. The third-order valence-electron chi connectivity index (χ3n) is 4.58. The van der Waals surface area contributed by atoms with Crippen molar-refractivity contribution in [1.29, 1.82) is 0 Å². The maximum Gasteiger partial charge on any atom is 0.242 e. The van der Waals surface area contributed by atoms with E-state index < -0.39 is 10.0 Å². The molecule has 0 saturated carbocycles. The number of piperidine rings is 1. The van der Waals surface area contributed by atoms with E-state index in [-0.39, 0.29) is 15.3 Å². The lowest BCUT2D eigenvalue weighted by Gasteiger charge is -2.37. The summed E-state index contributed by atoms with van der Waals surface area (Å²) in [6.45, 7) is 4.71. The van der Waals surface area contributed by atoms with Crippen LogP contribution in [0.25, 0.3) is 0 Å². The van der Waals surface area contributed by atoms with Gasteiger partial charge in [-0.3, -0.25) is 0 Å². The number of nitrogens with one attached hydrogen (secondary N) is 2. The molecule has 1 aromatic carbocycles. The van der Waals surface area contributed by atoms with E-state index in [9.17, 15) is 8.42 Å². The van der Waals surface area contributed by atoms with Gasteiger partial charge in [0.15, 0.2) is 0 Å². The van der Waals surface area contributed by atoms with Crippen LogP contribution in [0.15, 0.2) is 23.1 Å². The molecule has 2 rings (SSSR count). The number of halogens is 1. The smallest absolute Gasteiger partial charge is 0.242 e. The van der Waals surface area contributed by atoms with Crippen molar-refractivity contribution in [2.75, 3.05) is 33.4 Å². The minimum absolute atomic E-state index is 0.164. The minimum Gasteiger partial charge on any atom is -0.384 e. The Morgan fingerprint density at radius 1 is 1.33 bits per heavy atom. The fourth-order valence-corrected chi connectivity index (χ4v) is 4.86. The van der Waals surface area contributed by atoms with Crippen LogP contribution in [0.3, 0.4) is 0 Å². The lowest BCUT2D eigenvalue weighted by molar-refractivity contribution is 0.0577. The minimum atomic E-state index is -3.65. The zero-order chi connectivity index (χ0) is 17.6. The molecule has 1 aliphatic heterocycles. The average molecular weight is 375 g/mol. The predicted octanol–water partition coefficient (Wildman–Crippen LogP) is 2.59. The Bertz CT molecular complexity index is 638. The number of hydrogen-bond donors (Lipinski definition) is 2. The monoisotopic (exact) mass is 374 g/mol. The molecule has 2 N–H and O–H groups in total. The second kappa shape index (κ2) is 8.63. The van der Waals surface area contributed by atoms with Crippen LogP contribution in [0, 0.1) is 5.41 Å². The fraction of sp³-hybridized carbons (Fsp3) is 0.647. The molecule has 1 saturated heterocycles. The Balaban J connectivity index is 2.17. The van der Waals surface area contributed by atoms with Gasteiger partial charge in [0.2, 0.25) is 10.0 Å². The van der Waals surface area contributed by atoms with Crippen LogP contribution >= 0.6 is 11.6 Å². The van der Waals surface area contributed by atoms with E-state index in [0.717, 1.165) is 44.3 Å². The van der Waals surface area contributed by atoms with Crippen molar-refractivity contribution in [3.8, 4) is 0 Å². The number of ether oxygens (including phenoxy) is 1. The molecule has 0 atom stereocenters. The van der Waals surface area contributed by atoms with Crippen LogP contribution in [0.2, 0.25) is 5.02 Å². The number of methoxy groups -OCH3 is 1. The van der Waals surface area contributed by atoms with Gasteiger partial charge in [0, 0.05) is 19.1 Å². The predicted molar refractivity (Wildman–Crippen MR) is 97.0 cm³/mol. The van der Waals surface area contributed by atoms with E-state index in [1.165, 1.54) is 0 Å². The number of benzene rings is 1. The van der Waals surface area contributed by atoms with Gasteiger partial charge >= 0.3 is 0 Å². The highest BCUT2D eigenvalue weighted by Crippen LogP contribution is 2.30. The number of hydrogen-bond acceptors (Lipinski definition) is 4. The van der Waals surface area contributed by atoms with E-state index in [4.69, 9.17) is 16.3 Å². The summed E-state index contributed by atoms with van der Waals surface area (Å²) in [5.74, 6) is 0. The normalized spacial score (nSPS) is 17.8. The summed E-state index contributed by atoms with van der Waals surface area (Å²) < 4.78 is 33.6. The topological polar surface area (TPSA) is 67.4 Å². The fourth-order valence-electron chi connectivity index (χ4n) is 3.16. The van der Waals surface area contributed by atoms with E-state index in [2.05, 4.69) is 17.0 Å². The molecule has 1 heterocycles. The molecular weight excluding hydrogens is 348 g/mol. The number of rotatable bonds is 8. The van der Waals surface area contributed by atoms with E-state index in [1.54, 1.807) is 19.2 Å². The van der Waals surface area contributed by atoms with E-state index in [0.29, 0.717) is 13.2 Å². The molecule has 0 aromatic heterocycles. The molecule has 0 spiro atoms. The van der Waals surface area contributed by atoms with Gasteiger partial charge in [-0.1, -0.05) is 31.0 Å². The summed E-state index contributed by atoms with van der Waals surface area (Å²) in [6.07, 6.45) is 3.55. The lowest BCUT2D eigenvalue weighted by atomic mass is 9.80. The van der Waals surface area contributed by atoms with Crippen molar-refractivity contribution >= 4 is 21.6 Å². The zero-order valence-corrected chi connectivity index (χ0v) is 16.0. The Morgan fingerprint density at radius 3 is 2.67 bits per heavy atom. The van der Waals surface area contributed by atoms with Crippen molar-refractivity contribution < 1.29 is 13.2 Å². The summed E-state index contributed by atoms with van der Waals surface area (Å²) >= 11 is 6.14.